The molecule has 4 heterocycles. The van der Waals surface area contributed by atoms with Gasteiger partial charge in [0, 0.05) is 29.8 Å². The highest BCUT2D eigenvalue weighted by atomic mass is 32.1. The van der Waals surface area contributed by atoms with E-state index in [4.69, 9.17) is 10.5 Å². The highest BCUT2D eigenvalue weighted by Gasteiger charge is 2.34. The van der Waals surface area contributed by atoms with Crippen molar-refractivity contribution in [2.24, 2.45) is 0 Å². The minimum Gasteiger partial charge on any atom is -0.487 e. The molecule has 5 rings (SSSR count). The molecule has 1 atom stereocenters. The van der Waals surface area contributed by atoms with Crippen LogP contribution in [0.15, 0.2) is 48.0 Å². The molecule has 0 fully saturated rings. The molecule has 0 radical (unpaired) electrons. The smallest absolute Gasteiger partial charge is 0.261 e. The van der Waals surface area contributed by atoms with Crippen LogP contribution in [0.4, 0.5) is 5.95 Å². The molecule has 0 saturated carbocycles. The molecule has 0 spiro atoms. The van der Waals surface area contributed by atoms with Gasteiger partial charge in [0.2, 0.25) is 5.95 Å². The monoisotopic (exact) mass is 504 g/mol. The molecule has 10 heteroatoms. The van der Waals surface area contributed by atoms with Crippen LogP contribution in [0.3, 0.4) is 0 Å². The topological polar surface area (TPSA) is 124 Å². The Morgan fingerprint density at radius 2 is 1.97 bits per heavy atom. The van der Waals surface area contributed by atoms with E-state index in [1.807, 2.05) is 63.4 Å². The molecule has 3 aromatic heterocycles. The number of rotatable bonds is 5. The van der Waals surface area contributed by atoms with E-state index in [1.165, 1.54) is 15.9 Å². The fourth-order valence-corrected chi connectivity index (χ4v) is 5.25. The average Bonchev–Trinajstić information content (AvgIpc) is 3.43. The van der Waals surface area contributed by atoms with Crippen LogP contribution in [0.1, 0.15) is 65.8 Å². The van der Waals surface area contributed by atoms with E-state index in [1.54, 1.807) is 12.3 Å². The SMILES string of the molecule is CC(C)NC(=O)c1cc(-c2csc(C(=O)NC3CC(C)(C)Oc4ccccc43)c2)cn2nc(N)nc12. The number of nitrogen functional groups attached to an aromatic ring is 1. The Bertz CT molecular complexity index is 1470. The third-order valence-corrected chi connectivity index (χ3v) is 6.88. The van der Waals surface area contributed by atoms with Crippen molar-refractivity contribution in [3.63, 3.8) is 0 Å². The molecular formula is C26H28N6O3S. The van der Waals surface area contributed by atoms with Crippen molar-refractivity contribution in [2.45, 2.75) is 51.8 Å². The number of ether oxygens (including phenoxy) is 1. The Morgan fingerprint density at radius 1 is 1.19 bits per heavy atom. The van der Waals surface area contributed by atoms with Crippen molar-refractivity contribution in [1.82, 2.24) is 25.2 Å². The third-order valence-electron chi connectivity index (χ3n) is 5.95. The van der Waals surface area contributed by atoms with Gasteiger partial charge in [-0.25, -0.2) is 4.52 Å². The van der Waals surface area contributed by atoms with Gasteiger partial charge in [-0.1, -0.05) is 18.2 Å². The lowest BCUT2D eigenvalue weighted by molar-refractivity contribution is 0.0620. The number of nitrogens with two attached hydrogens (primary N) is 1. The number of nitrogens with one attached hydrogen (secondary N) is 2. The van der Waals surface area contributed by atoms with E-state index >= 15 is 0 Å². The number of amides is 2. The summed E-state index contributed by atoms with van der Waals surface area (Å²) in [6.45, 7) is 7.81. The lowest BCUT2D eigenvalue weighted by Gasteiger charge is -2.37. The summed E-state index contributed by atoms with van der Waals surface area (Å²) in [5.41, 5.74) is 8.65. The number of pyridine rings is 1. The zero-order chi connectivity index (χ0) is 25.6. The number of anilines is 1. The first-order valence-electron chi connectivity index (χ1n) is 11.7. The van der Waals surface area contributed by atoms with Crippen molar-refractivity contribution in [2.75, 3.05) is 5.73 Å². The second kappa shape index (κ2) is 8.94. The number of thiophene rings is 1. The van der Waals surface area contributed by atoms with Crippen molar-refractivity contribution in [3.8, 4) is 16.9 Å². The number of hydrogen-bond donors (Lipinski definition) is 3. The van der Waals surface area contributed by atoms with E-state index in [9.17, 15) is 9.59 Å². The zero-order valence-electron chi connectivity index (χ0n) is 20.5. The van der Waals surface area contributed by atoms with Crippen LogP contribution in [0.25, 0.3) is 16.8 Å². The molecule has 36 heavy (non-hydrogen) atoms. The zero-order valence-corrected chi connectivity index (χ0v) is 21.3. The van der Waals surface area contributed by atoms with Crippen LogP contribution in [-0.2, 0) is 0 Å². The molecule has 1 aliphatic rings. The van der Waals surface area contributed by atoms with Crippen molar-refractivity contribution >= 4 is 34.7 Å². The van der Waals surface area contributed by atoms with Gasteiger partial charge in [0.1, 0.15) is 11.4 Å². The first-order valence-corrected chi connectivity index (χ1v) is 12.6. The van der Waals surface area contributed by atoms with Crippen LogP contribution in [0, 0.1) is 0 Å². The standard InChI is InChI=1S/C26H28N6O3S/c1-14(2)28-23(33)18-9-15(12-32-22(18)30-25(27)31-32)16-10-21(36-13-16)24(34)29-19-11-26(3,4)35-20-8-6-5-7-17(19)20/h5-10,12-14,19H,11H2,1-4H3,(H2,27,31)(H,28,33)(H,29,34). The van der Waals surface area contributed by atoms with Gasteiger partial charge >= 0.3 is 0 Å². The fraction of sp³-hybridized carbons (Fsp3) is 0.308. The molecule has 1 aliphatic heterocycles. The summed E-state index contributed by atoms with van der Waals surface area (Å²) in [6.07, 6.45) is 2.42. The number of aromatic nitrogens is 3. The summed E-state index contributed by atoms with van der Waals surface area (Å²) < 4.78 is 7.58. The molecule has 1 unspecified atom stereocenters. The molecular weight excluding hydrogens is 476 g/mol. The largest absolute Gasteiger partial charge is 0.487 e. The van der Waals surface area contributed by atoms with Gasteiger partial charge < -0.3 is 21.1 Å². The van der Waals surface area contributed by atoms with Crippen LogP contribution in [-0.4, -0.2) is 38.1 Å². The van der Waals surface area contributed by atoms with Gasteiger partial charge in [0.05, 0.1) is 16.5 Å². The van der Waals surface area contributed by atoms with Crippen LogP contribution < -0.4 is 21.1 Å². The molecule has 0 saturated heterocycles. The molecule has 186 valence electrons. The minimum atomic E-state index is -0.394. The van der Waals surface area contributed by atoms with E-state index in [-0.39, 0.29) is 29.8 Å². The number of carbonyl (C=O) groups excluding carboxylic acids is 2. The Morgan fingerprint density at radius 3 is 2.75 bits per heavy atom. The van der Waals surface area contributed by atoms with Gasteiger partial charge in [-0.05, 0) is 56.8 Å². The highest BCUT2D eigenvalue weighted by molar-refractivity contribution is 7.12. The summed E-state index contributed by atoms with van der Waals surface area (Å²) in [4.78, 5) is 30.9. The van der Waals surface area contributed by atoms with Gasteiger partial charge in [0.25, 0.3) is 11.8 Å². The predicted octanol–water partition coefficient (Wildman–Crippen LogP) is 4.21. The quantitative estimate of drug-likeness (QED) is 0.374. The summed E-state index contributed by atoms with van der Waals surface area (Å²) in [7, 11) is 0. The van der Waals surface area contributed by atoms with Crippen LogP contribution in [0.5, 0.6) is 5.75 Å². The first kappa shape index (κ1) is 23.8. The number of hydrogen-bond acceptors (Lipinski definition) is 7. The predicted molar refractivity (Wildman–Crippen MR) is 139 cm³/mol. The van der Waals surface area contributed by atoms with Crippen LogP contribution in [0.2, 0.25) is 0 Å². The summed E-state index contributed by atoms with van der Waals surface area (Å²) >= 11 is 1.34. The third kappa shape index (κ3) is 4.64. The van der Waals surface area contributed by atoms with Crippen molar-refractivity contribution in [3.05, 3.63) is 64.0 Å². The number of para-hydroxylation sites is 1. The maximum Gasteiger partial charge on any atom is 0.261 e. The maximum absolute atomic E-state index is 13.2. The van der Waals surface area contributed by atoms with Gasteiger partial charge in [-0.2, -0.15) is 4.98 Å². The Kier molecular flexibility index (Phi) is 5.91. The Balaban J connectivity index is 1.44. The molecule has 0 bridgehead atoms. The Hall–Kier alpha value is -3.92. The number of carbonyl (C=O) groups is 2. The number of benzene rings is 1. The lowest BCUT2D eigenvalue weighted by Crippen LogP contribution is -2.41. The van der Waals surface area contributed by atoms with Gasteiger partial charge in [-0.3, -0.25) is 9.59 Å². The molecule has 2 amide bonds. The van der Waals surface area contributed by atoms with Crippen LogP contribution >= 0.6 is 11.3 Å². The van der Waals surface area contributed by atoms with E-state index in [2.05, 4.69) is 20.7 Å². The second-order valence-corrected chi connectivity index (χ2v) is 10.7. The lowest BCUT2D eigenvalue weighted by atomic mass is 9.89. The normalized spacial score (nSPS) is 16.4. The van der Waals surface area contributed by atoms with Crippen molar-refractivity contribution < 1.29 is 14.3 Å². The van der Waals surface area contributed by atoms with Crippen molar-refractivity contribution in [1.29, 1.82) is 0 Å². The number of nitrogens with zero attached hydrogens (tertiary/aromatic N) is 3. The summed E-state index contributed by atoms with van der Waals surface area (Å²) in [6, 6.07) is 11.2. The fourth-order valence-electron chi connectivity index (χ4n) is 4.43. The molecule has 4 aromatic rings. The van der Waals surface area contributed by atoms with E-state index in [0.717, 1.165) is 22.4 Å². The van der Waals surface area contributed by atoms with Gasteiger partial charge in [0.15, 0.2) is 5.65 Å². The van der Waals surface area contributed by atoms with E-state index in [0.29, 0.717) is 22.5 Å². The summed E-state index contributed by atoms with van der Waals surface area (Å²) in [5.74, 6) is 0.445. The van der Waals surface area contributed by atoms with Gasteiger partial charge in [-0.15, -0.1) is 16.4 Å². The molecule has 4 N–H and O–H groups in total. The minimum absolute atomic E-state index is 0.0433. The van der Waals surface area contributed by atoms with E-state index < -0.39 is 5.60 Å². The number of fused-ring (bicyclic) bond motifs is 2. The Labute approximate surface area is 212 Å². The maximum atomic E-state index is 13.2. The highest BCUT2D eigenvalue weighted by Crippen LogP contribution is 2.39. The molecule has 1 aromatic carbocycles. The second-order valence-electron chi connectivity index (χ2n) is 9.84. The summed E-state index contributed by atoms with van der Waals surface area (Å²) in [5, 5.41) is 12.2. The average molecular weight is 505 g/mol. The molecule has 0 aliphatic carbocycles. The molecule has 9 nitrogen and oxygen atoms in total. The first-order chi connectivity index (χ1) is 17.1.